The van der Waals surface area contributed by atoms with E-state index in [1.54, 1.807) is 12.1 Å². The quantitative estimate of drug-likeness (QED) is 0.545. The van der Waals surface area contributed by atoms with E-state index in [4.69, 9.17) is 12.2 Å². The molecule has 1 aliphatic heterocycles. The maximum absolute atomic E-state index is 11.3. The van der Waals surface area contributed by atoms with Crippen LogP contribution in [0.5, 0.6) is 0 Å². The molecule has 3 heterocycles. The van der Waals surface area contributed by atoms with E-state index in [0.717, 1.165) is 35.0 Å². The molecule has 1 saturated heterocycles. The summed E-state index contributed by atoms with van der Waals surface area (Å²) in [7, 11) is 0. The van der Waals surface area contributed by atoms with Crippen molar-refractivity contribution in [2.24, 2.45) is 0 Å². The van der Waals surface area contributed by atoms with Crippen LogP contribution < -0.4 is 5.32 Å². The summed E-state index contributed by atoms with van der Waals surface area (Å²) in [5, 5.41) is 13.6. The highest BCUT2D eigenvalue weighted by atomic mass is 32.1. The van der Waals surface area contributed by atoms with Crippen LogP contribution in [0.2, 0.25) is 0 Å². The maximum Gasteiger partial charge on any atom is 0.335 e. The molecule has 5 rings (SSSR count). The zero-order chi connectivity index (χ0) is 22.1. The van der Waals surface area contributed by atoms with E-state index in [9.17, 15) is 9.90 Å². The lowest BCUT2D eigenvalue weighted by Gasteiger charge is -2.37. The Labute approximate surface area is 192 Å². The van der Waals surface area contributed by atoms with Crippen molar-refractivity contribution in [3.8, 4) is 5.69 Å². The lowest BCUT2D eigenvalue weighted by Crippen LogP contribution is -2.40. The van der Waals surface area contributed by atoms with Crippen LogP contribution in [0.1, 0.15) is 65.9 Å². The van der Waals surface area contributed by atoms with E-state index in [1.165, 1.54) is 19.3 Å². The average Bonchev–Trinajstić information content (AvgIpc) is 3.44. The standard InChI is InChI=1S/C25H26N4O2S/c30-24(31)17-11-13-18(14-12-17)28-16-6-10-21(28)23-22(20-9-4-5-15-26-20)27-25(32)29(23)19-7-2-1-3-8-19/h4-6,9-16,19,22-23H,1-3,7-8H2,(H,27,32)(H,30,31)/t22-,23-/m1/s1. The fraction of sp³-hybridized carbons (Fsp3) is 0.320. The van der Waals surface area contributed by atoms with Crippen molar-refractivity contribution in [1.29, 1.82) is 0 Å². The van der Waals surface area contributed by atoms with Crippen LogP contribution in [-0.2, 0) is 0 Å². The number of rotatable bonds is 5. The normalized spacial score (nSPS) is 21.5. The van der Waals surface area contributed by atoms with Gasteiger partial charge in [-0.25, -0.2) is 4.79 Å². The van der Waals surface area contributed by atoms with Gasteiger partial charge in [-0.3, -0.25) is 4.98 Å². The Bertz CT molecular complexity index is 1110. The van der Waals surface area contributed by atoms with E-state index in [2.05, 4.69) is 25.8 Å². The van der Waals surface area contributed by atoms with Gasteiger partial charge >= 0.3 is 5.97 Å². The lowest BCUT2D eigenvalue weighted by molar-refractivity contribution is 0.0697. The van der Waals surface area contributed by atoms with Gasteiger partial charge in [0.15, 0.2) is 5.11 Å². The number of nitrogens with one attached hydrogen (secondary N) is 1. The third-order valence-electron chi connectivity index (χ3n) is 6.58. The minimum atomic E-state index is -0.923. The molecule has 2 aromatic heterocycles. The summed E-state index contributed by atoms with van der Waals surface area (Å²) in [4.78, 5) is 18.3. The summed E-state index contributed by atoms with van der Waals surface area (Å²) in [6, 6.07) is 17.5. The molecule has 2 aliphatic rings. The van der Waals surface area contributed by atoms with Gasteiger partial charge in [-0.15, -0.1) is 0 Å². The number of hydrogen-bond donors (Lipinski definition) is 2. The first kappa shape index (κ1) is 20.7. The van der Waals surface area contributed by atoms with Crippen molar-refractivity contribution < 1.29 is 9.90 Å². The third-order valence-corrected chi connectivity index (χ3v) is 6.91. The van der Waals surface area contributed by atoms with Gasteiger partial charge in [0.1, 0.15) is 0 Å². The Morgan fingerprint density at radius 1 is 1.03 bits per heavy atom. The van der Waals surface area contributed by atoms with Gasteiger partial charge in [-0.05, 0) is 73.6 Å². The Hall–Kier alpha value is -3.19. The average molecular weight is 447 g/mol. The van der Waals surface area contributed by atoms with Crippen LogP contribution in [0.3, 0.4) is 0 Å². The fourth-order valence-electron chi connectivity index (χ4n) is 5.07. The highest BCUT2D eigenvalue weighted by Crippen LogP contribution is 2.43. The molecule has 0 bridgehead atoms. The zero-order valence-electron chi connectivity index (χ0n) is 17.7. The van der Waals surface area contributed by atoms with Crippen LogP contribution in [0.25, 0.3) is 5.69 Å². The van der Waals surface area contributed by atoms with E-state index >= 15 is 0 Å². The van der Waals surface area contributed by atoms with Crippen molar-refractivity contribution in [1.82, 2.24) is 19.8 Å². The Morgan fingerprint density at radius 3 is 2.50 bits per heavy atom. The van der Waals surface area contributed by atoms with E-state index in [0.29, 0.717) is 6.04 Å². The Kier molecular flexibility index (Phi) is 5.66. The predicted octanol–water partition coefficient (Wildman–Crippen LogP) is 4.88. The molecule has 164 valence electrons. The number of carbonyl (C=O) groups is 1. The predicted molar refractivity (Wildman–Crippen MR) is 127 cm³/mol. The second-order valence-corrected chi connectivity index (χ2v) is 8.87. The van der Waals surface area contributed by atoms with Crippen LogP contribution in [-0.4, -0.2) is 36.7 Å². The number of thiocarbonyl (C=S) groups is 1. The van der Waals surface area contributed by atoms with Crippen LogP contribution in [0.15, 0.2) is 67.0 Å². The second kappa shape index (κ2) is 8.74. The molecule has 3 aromatic rings. The number of pyridine rings is 1. The molecule has 0 amide bonds. The summed E-state index contributed by atoms with van der Waals surface area (Å²) in [6.45, 7) is 0. The molecular formula is C25H26N4O2S. The minimum absolute atomic E-state index is 0.00495. The minimum Gasteiger partial charge on any atom is -0.478 e. The van der Waals surface area contributed by atoms with Crippen LogP contribution in [0.4, 0.5) is 0 Å². The molecule has 7 heteroatoms. The molecule has 2 atom stereocenters. The number of carboxylic acids is 1. The number of aromatic nitrogens is 2. The molecule has 2 N–H and O–H groups in total. The SMILES string of the molecule is O=C(O)c1ccc(-n2cccc2[C@@H]2[C@@H](c3ccccn3)NC(=S)N2C2CCCCC2)cc1. The van der Waals surface area contributed by atoms with E-state index in [1.807, 2.05) is 48.8 Å². The van der Waals surface area contributed by atoms with Gasteiger partial charge < -0.3 is 19.9 Å². The number of carboxylic acid groups (broad SMARTS) is 1. The first-order valence-electron chi connectivity index (χ1n) is 11.1. The Morgan fingerprint density at radius 2 is 1.81 bits per heavy atom. The number of hydrogen-bond acceptors (Lipinski definition) is 3. The van der Waals surface area contributed by atoms with Crippen molar-refractivity contribution in [2.75, 3.05) is 0 Å². The van der Waals surface area contributed by atoms with Crippen molar-refractivity contribution in [3.63, 3.8) is 0 Å². The Balaban J connectivity index is 1.58. The van der Waals surface area contributed by atoms with E-state index < -0.39 is 5.97 Å². The molecule has 0 unspecified atom stereocenters. The van der Waals surface area contributed by atoms with Crippen LogP contribution in [0, 0.1) is 0 Å². The summed E-state index contributed by atoms with van der Waals surface area (Å²) >= 11 is 5.87. The van der Waals surface area contributed by atoms with Gasteiger partial charge in [0.2, 0.25) is 0 Å². The molecule has 32 heavy (non-hydrogen) atoms. The highest BCUT2D eigenvalue weighted by molar-refractivity contribution is 7.80. The van der Waals surface area contributed by atoms with Gasteiger partial charge in [0.25, 0.3) is 0 Å². The zero-order valence-corrected chi connectivity index (χ0v) is 18.5. The first-order chi connectivity index (χ1) is 15.6. The molecule has 0 spiro atoms. The topological polar surface area (TPSA) is 70.4 Å². The molecule has 2 fully saturated rings. The summed E-state index contributed by atoms with van der Waals surface area (Å²) in [6.07, 6.45) is 9.86. The third kappa shape index (κ3) is 3.77. The van der Waals surface area contributed by atoms with Crippen molar-refractivity contribution in [2.45, 2.75) is 50.2 Å². The van der Waals surface area contributed by atoms with Gasteiger partial charge in [0, 0.05) is 29.8 Å². The molecule has 0 radical (unpaired) electrons. The largest absolute Gasteiger partial charge is 0.478 e. The van der Waals surface area contributed by atoms with E-state index in [-0.39, 0.29) is 17.6 Å². The highest BCUT2D eigenvalue weighted by Gasteiger charge is 2.44. The van der Waals surface area contributed by atoms with Crippen molar-refractivity contribution in [3.05, 3.63) is 83.9 Å². The molecule has 1 aliphatic carbocycles. The van der Waals surface area contributed by atoms with Crippen molar-refractivity contribution >= 4 is 23.3 Å². The molecule has 1 saturated carbocycles. The summed E-state index contributed by atoms with van der Waals surface area (Å²) < 4.78 is 2.14. The number of nitrogens with zero attached hydrogens (tertiary/aromatic N) is 3. The summed E-state index contributed by atoms with van der Waals surface area (Å²) in [5.74, 6) is -0.923. The lowest BCUT2D eigenvalue weighted by atomic mass is 9.92. The smallest absolute Gasteiger partial charge is 0.335 e. The second-order valence-electron chi connectivity index (χ2n) is 8.48. The van der Waals surface area contributed by atoms with Gasteiger partial charge in [0.05, 0.1) is 23.3 Å². The fourth-order valence-corrected chi connectivity index (χ4v) is 5.46. The summed E-state index contributed by atoms with van der Waals surface area (Å²) in [5.41, 5.74) is 3.28. The van der Waals surface area contributed by atoms with Gasteiger partial charge in [-0.2, -0.15) is 0 Å². The maximum atomic E-state index is 11.3. The van der Waals surface area contributed by atoms with Crippen LogP contribution >= 0.6 is 12.2 Å². The first-order valence-corrected chi connectivity index (χ1v) is 11.5. The molecule has 1 aromatic carbocycles. The van der Waals surface area contributed by atoms with Gasteiger partial charge in [-0.1, -0.05) is 25.3 Å². The monoisotopic (exact) mass is 446 g/mol. The molecular weight excluding hydrogens is 420 g/mol. The number of aromatic carboxylic acids is 1. The number of benzene rings is 1. The molecule has 6 nitrogen and oxygen atoms in total.